The Morgan fingerprint density at radius 1 is 1.31 bits per heavy atom. The molecule has 0 atom stereocenters. The number of Topliss-reactive ketones (excluding diaryl/α,β-unsaturated/α-hetero) is 1. The molecule has 7 heteroatoms. The number of nitrogens with zero attached hydrogens (tertiary/aromatic N) is 2. The van der Waals surface area contributed by atoms with Crippen molar-refractivity contribution in [2.24, 2.45) is 0 Å². The molecule has 4 rings (SSSR count). The highest BCUT2D eigenvalue weighted by Crippen LogP contribution is 2.40. The Morgan fingerprint density at radius 3 is 2.86 bits per heavy atom. The zero-order chi connectivity index (χ0) is 20.3. The van der Waals surface area contributed by atoms with Gasteiger partial charge in [-0.1, -0.05) is 12.1 Å². The molecule has 0 saturated carbocycles. The maximum absolute atomic E-state index is 12.8. The zero-order valence-electron chi connectivity index (χ0n) is 16.0. The Balaban J connectivity index is 1.43. The summed E-state index contributed by atoms with van der Waals surface area (Å²) in [5.41, 5.74) is 3.53. The minimum Gasteiger partial charge on any atom is -0.486 e. The molecule has 3 heterocycles. The van der Waals surface area contributed by atoms with Crippen molar-refractivity contribution in [2.45, 2.75) is 31.4 Å². The number of pyridine rings is 1. The highest BCUT2D eigenvalue weighted by atomic mass is 16.5. The first kappa shape index (κ1) is 19.3. The van der Waals surface area contributed by atoms with E-state index in [-0.39, 0.29) is 5.78 Å². The van der Waals surface area contributed by atoms with Gasteiger partial charge in [0, 0.05) is 50.9 Å². The summed E-state index contributed by atoms with van der Waals surface area (Å²) in [6, 6.07) is 9.32. The third kappa shape index (κ3) is 4.36. The van der Waals surface area contributed by atoms with Crippen LogP contribution >= 0.6 is 0 Å². The molecule has 2 N–H and O–H groups in total. The van der Waals surface area contributed by atoms with Crippen LogP contribution in [0, 0.1) is 0 Å². The Bertz CT molecular complexity index is 934. The second-order valence-electron chi connectivity index (χ2n) is 7.59. The van der Waals surface area contributed by atoms with Crippen LogP contribution in [0.5, 0.6) is 5.75 Å². The first-order valence-electron chi connectivity index (χ1n) is 9.67. The SMILES string of the molecule is O=C(/C=C/c1ccc2c(c1)C(=O)CC1(CCN(Cc3cccnc3)CC1)O2)NO. The quantitative estimate of drug-likeness (QED) is 0.471. The van der Waals surface area contributed by atoms with Gasteiger partial charge in [-0.15, -0.1) is 0 Å². The molecule has 7 nitrogen and oxygen atoms in total. The molecule has 1 fully saturated rings. The van der Waals surface area contributed by atoms with Crippen LogP contribution in [0.3, 0.4) is 0 Å². The summed E-state index contributed by atoms with van der Waals surface area (Å²) in [5, 5.41) is 8.56. The van der Waals surface area contributed by atoms with Crippen LogP contribution in [0.2, 0.25) is 0 Å². The third-order valence-corrected chi connectivity index (χ3v) is 5.55. The average Bonchev–Trinajstić information content (AvgIpc) is 2.75. The van der Waals surface area contributed by atoms with E-state index in [9.17, 15) is 9.59 Å². The number of rotatable bonds is 4. The molecular formula is C22H23N3O4. The van der Waals surface area contributed by atoms with Crippen LogP contribution in [0.4, 0.5) is 0 Å². The normalized spacial score (nSPS) is 18.4. The van der Waals surface area contributed by atoms with Crippen LogP contribution in [-0.4, -0.2) is 45.5 Å². The Morgan fingerprint density at radius 2 is 2.14 bits per heavy atom. The monoisotopic (exact) mass is 393 g/mol. The van der Waals surface area contributed by atoms with Gasteiger partial charge >= 0.3 is 0 Å². The molecule has 150 valence electrons. The lowest BCUT2D eigenvalue weighted by Gasteiger charge is -2.44. The Kier molecular flexibility index (Phi) is 5.42. The number of ketones is 1. The number of likely N-dealkylation sites (tertiary alicyclic amines) is 1. The van der Waals surface area contributed by atoms with Crippen molar-refractivity contribution in [2.75, 3.05) is 13.1 Å². The number of fused-ring (bicyclic) bond motifs is 1. The van der Waals surface area contributed by atoms with Crippen molar-refractivity contribution in [3.63, 3.8) is 0 Å². The summed E-state index contributed by atoms with van der Waals surface area (Å²) < 4.78 is 6.33. The molecule has 0 aliphatic carbocycles. The molecule has 1 aromatic carbocycles. The van der Waals surface area contributed by atoms with Crippen molar-refractivity contribution < 1.29 is 19.5 Å². The van der Waals surface area contributed by atoms with Gasteiger partial charge in [0.25, 0.3) is 5.91 Å². The summed E-state index contributed by atoms with van der Waals surface area (Å²) >= 11 is 0. The van der Waals surface area contributed by atoms with E-state index < -0.39 is 11.5 Å². The molecule has 0 unspecified atom stereocenters. The first-order chi connectivity index (χ1) is 14.1. The minimum absolute atomic E-state index is 0.0637. The molecule has 2 aromatic rings. The van der Waals surface area contributed by atoms with Crippen LogP contribution < -0.4 is 10.2 Å². The summed E-state index contributed by atoms with van der Waals surface area (Å²) in [6.45, 7) is 2.59. The number of nitrogens with one attached hydrogen (secondary N) is 1. The number of aromatic nitrogens is 1. The number of benzene rings is 1. The topological polar surface area (TPSA) is 91.8 Å². The molecule has 1 spiro atoms. The Labute approximate surface area is 169 Å². The van der Waals surface area contributed by atoms with Crippen LogP contribution in [0.1, 0.15) is 40.7 Å². The third-order valence-electron chi connectivity index (χ3n) is 5.55. The number of hydrogen-bond donors (Lipinski definition) is 2. The molecule has 0 radical (unpaired) electrons. The fourth-order valence-corrected chi connectivity index (χ4v) is 3.97. The average molecular weight is 393 g/mol. The molecule has 2 aliphatic rings. The molecule has 1 saturated heterocycles. The zero-order valence-corrected chi connectivity index (χ0v) is 16.0. The largest absolute Gasteiger partial charge is 0.486 e. The van der Waals surface area contributed by atoms with Gasteiger partial charge in [0.1, 0.15) is 11.4 Å². The number of ether oxygens (including phenoxy) is 1. The lowest BCUT2D eigenvalue weighted by atomic mass is 9.82. The number of piperidine rings is 1. The van der Waals surface area contributed by atoms with Gasteiger partial charge in [-0.05, 0) is 35.4 Å². The van der Waals surface area contributed by atoms with Gasteiger partial charge < -0.3 is 4.74 Å². The number of amides is 1. The number of hydrogen-bond acceptors (Lipinski definition) is 6. The van der Waals surface area contributed by atoms with E-state index in [0.717, 1.165) is 32.5 Å². The van der Waals surface area contributed by atoms with Gasteiger partial charge in [0.2, 0.25) is 0 Å². The fraction of sp³-hybridized carbons (Fsp3) is 0.318. The maximum atomic E-state index is 12.8. The first-order valence-corrected chi connectivity index (χ1v) is 9.67. The smallest absolute Gasteiger partial charge is 0.267 e. The van der Waals surface area contributed by atoms with E-state index in [0.29, 0.717) is 23.3 Å². The van der Waals surface area contributed by atoms with Gasteiger partial charge in [0.15, 0.2) is 5.78 Å². The van der Waals surface area contributed by atoms with Gasteiger partial charge in [0.05, 0.1) is 12.0 Å². The summed E-state index contributed by atoms with van der Waals surface area (Å²) in [5.74, 6) is 0.0434. The van der Waals surface area contributed by atoms with Gasteiger partial charge in [-0.25, -0.2) is 5.48 Å². The summed E-state index contributed by atoms with van der Waals surface area (Å²) in [6.07, 6.45) is 8.38. The standard InChI is InChI=1S/C22H23N3O4/c26-19-13-22(7-10-25(11-8-22)15-17-2-1-9-23-14-17)29-20-5-3-16(12-18(19)20)4-6-21(27)24-28/h1-6,9,12,14,28H,7-8,10-11,13,15H2,(H,24,27)/b6-4+. The second kappa shape index (κ2) is 8.14. The van der Waals surface area contributed by atoms with E-state index in [4.69, 9.17) is 9.94 Å². The molecule has 29 heavy (non-hydrogen) atoms. The highest BCUT2D eigenvalue weighted by molar-refractivity contribution is 6.01. The van der Waals surface area contributed by atoms with E-state index >= 15 is 0 Å². The fourth-order valence-electron chi connectivity index (χ4n) is 3.97. The number of hydroxylamine groups is 1. The minimum atomic E-state index is -0.623. The molecule has 0 bridgehead atoms. The van der Waals surface area contributed by atoms with Gasteiger partial charge in [-0.3, -0.25) is 24.7 Å². The number of carbonyl (C=O) groups excluding carboxylic acids is 2. The van der Waals surface area contributed by atoms with Crippen molar-refractivity contribution in [1.82, 2.24) is 15.4 Å². The van der Waals surface area contributed by atoms with Crippen molar-refractivity contribution in [1.29, 1.82) is 0 Å². The summed E-state index contributed by atoms with van der Waals surface area (Å²) in [7, 11) is 0. The Hall–Kier alpha value is -3.03. The summed E-state index contributed by atoms with van der Waals surface area (Å²) in [4.78, 5) is 30.5. The second-order valence-corrected chi connectivity index (χ2v) is 7.59. The van der Waals surface area contributed by atoms with Gasteiger partial charge in [-0.2, -0.15) is 0 Å². The van der Waals surface area contributed by atoms with E-state index in [1.807, 2.05) is 12.3 Å². The molecule has 1 amide bonds. The van der Waals surface area contributed by atoms with Crippen LogP contribution in [0.15, 0.2) is 48.8 Å². The number of carbonyl (C=O) groups is 2. The van der Waals surface area contributed by atoms with E-state index in [1.165, 1.54) is 17.1 Å². The van der Waals surface area contributed by atoms with Crippen LogP contribution in [-0.2, 0) is 11.3 Å². The molecular weight excluding hydrogens is 370 g/mol. The predicted octanol–water partition coefficient (Wildman–Crippen LogP) is 2.60. The van der Waals surface area contributed by atoms with Crippen LogP contribution in [0.25, 0.3) is 6.08 Å². The maximum Gasteiger partial charge on any atom is 0.267 e. The molecule has 2 aliphatic heterocycles. The lowest BCUT2D eigenvalue weighted by molar-refractivity contribution is -0.124. The van der Waals surface area contributed by atoms with Crippen molar-refractivity contribution >= 4 is 17.8 Å². The van der Waals surface area contributed by atoms with Crippen molar-refractivity contribution in [3.05, 3.63) is 65.5 Å². The van der Waals surface area contributed by atoms with Crippen molar-refractivity contribution in [3.8, 4) is 5.75 Å². The predicted molar refractivity (Wildman–Crippen MR) is 106 cm³/mol. The highest BCUT2D eigenvalue weighted by Gasteiger charge is 2.42. The lowest BCUT2D eigenvalue weighted by Crippen LogP contribution is -2.50. The van der Waals surface area contributed by atoms with E-state index in [2.05, 4.69) is 16.0 Å². The van der Waals surface area contributed by atoms with E-state index in [1.54, 1.807) is 30.5 Å². The molecule has 1 aromatic heterocycles.